The van der Waals surface area contributed by atoms with Crippen molar-refractivity contribution < 1.29 is 27.4 Å². The average molecular weight is 338 g/mol. The van der Waals surface area contributed by atoms with Gasteiger partial charge in [-0.25, -0.2) is 0 Å². The zero-order valence-electron chi connectivity index (χ0n) is 13.0. The quantitative estimate of drug-likeness (QED) is 0.545. The summed E-state index contributed by atoms with van der Waals surface area (Å²) in [6.45, 7) is 1.90. The van der Waals surface area contributed by atoms with E-state index in [1.54, 1.807) is 24.3 Å². The van der Waals surface area contributed by atoms with Crippen molar-refractivity contribution in [1.82, 2.24) is 0 Å². The first kappa shape index (κ1) is 17.8. The van der Waals surface area contributed by atoms with Gasteiger partial charge in [-0.15, -0.1) is 13.2 Å². The van der Waals surface area contributed by atoms with Crippen molar-refractivity contribution in [2.24, 2.45) is 0 Å². The van der Waals surface area contributed by atoms with Crippen molar-refractivity contribution in [1.29, 1.82) is 0 Å². The van der Waals surface area contributed by atoms with Crippen molar-refractivity contribution in [2.45, 2.75) is 32.0 Å². The van der Waals surface area contributed by atoms with Crippen LogP contribution in [0, 0.1) is 0 Å². The number of hydrogen-bond donors (Lipinski definition) is 0. The van der Waals surface area contributed by atoms with E-state index < -0.39 is 6.36 Å². The lowest BCUT2D eigenvalue weighted by Gasteiger charge is -2.15. The predicted octanol–water partition coefficient (Wildman–Crippen LogP) is 5.07. The van der Waals surface area contributed by atoms with Gasteiger partial charge in [-0.1, -0.05) is 37.3 Å². The summed E-state index contributed by atoms with van der Waals surface area (Å²) in [5, 5.41) is 0. The Morgan fingerprint density at radius 3 is 2.17 bits per heavy atom. The number of para-hydroxylation sites is 1. The number of halogens is 3. The normalized spacial score (nSPS) is 12.5. The Kier molecular flexibility index (Phi) is 5.84. The van der Waals surface area contributed by atoms with Gasteiger partial charge in [0.15, 0.2) is 0 Å². The molecule has 0 heterocycles. The second kappa shape index (κ2) is 7.86. The molecular weight excluding hydrogens is 321 g/mol. The number of carbonyl (C=O) groups is 1. The maximum atomic E-state index is 12.2. The molecule has 0 aliphatic heterocycles. The molecule has 3 nitrogen and oxygen atoms in total. The minimum atomic E-state index is -4.72. The molecule has 2 aromatic rings. The zero-order chi connectivity index (χ0) is 17.6. The molecule has 0 aliphatic carbocycles. The van der Waals surface area contributed by atoms with Crippen LogP contribution in [-0.4, -0.2) is 12.3 Å². The zero-order valence-corrected chi connectivity index (χ0v) is 13.0. The van der Waals surface area contributed by atoms with Crippen LogP contribution in [0.3, 0.4) is 0 Å². The molecule has 1 atom stereocenters. The maximum Gasteiger partial charge on any atom is 0.573 e. The van der Waals surface area contributed by atoms with Crippen LogP contribution in [0.2, 0.25) is 0 Å². The molecule has 0 bridgehead atoms. The van der Waals surface area contributed by atoms with Gasteiger partial charge >= 0.3 is 12.3 Å². The summed E-state index contributed by atoms with van der Waals surface area (Å²) in [5.41, 5.74) is 0.761. The molecule has 2 aromatic carbocycles. The topological polar surface area (TPSA) is 35.5 Å². The lowest BCUT2D eigenvalue weighted by Crippen LogP contribution is -2.17. The molecule has 0 amide bonds. The van der Waals surface area contributed by atoms with Gasteiger partial charge in [-0.05, 0) is 42.2 Å². The van der Waals surface area contributed by atoms with E-state index in [0.29, 0.717) is 12.2 Å². The fourth-order valence-corrected chi connectivity index (χ4v) is 2.30. The van der Waals surface area contributed by atoms with Crippen LogP contribution in [0.15, 0.2) is 54.6 Å². The third kappa shape index (κ3) is 5.61. The lowest BCUT2D eigenvalue weighted by molar-refractivity contribution is -0.274. The molecule has 0 aliphatic rings. The first-order chi connectivity index (χ1) is 11.4. The first-order valence-electron chi connectivity index (χ1n) is 7.49. The number of esters is 1. The van der Waals surface area contributed by atoms with Crippen molar-refractivity contribution in [3.8, 4) is 11.5 Å². The highest BCUT2D eigenvalue weighted by atomic mass is 19.4. The molecule has 0 radical (unpaired) electrons. The number of rotatable bonds is 6. The van der Waals surface area contributed by atoms with Crippen LogP contribution < -0.4 is 9.47 Å². The Bertz CT molecular complexity index is 651. The summed E-state index contributed by atoms with van der Waals surface area (Å²) < 4.78 is 45.6. The van der Waals surface area contributed by atoms with E-state index in [4.69, 9.17) is 4.74 Å². The number of ether oxygens (including phenoxy) is 2. The van der Waals surface area contributed by atoms with Crippen LogP contribution in [0.25, 0.3) is 0 Å². The Hall–Kier alpha value is -2.50. The van der Waals surface area contributed by atoms with E-state index >= 15 is 0 Å². The number of carbonyl (C=O) groups excluding carboxylic acids is 1. The van der Waals surface area contributed by atoms with Gasteiger partial charge in [0.05, 0.1) is 6.42 Å². The van der Waals surface area contributed by atoms with Gasteiger partial charge in [-0.3, -0.25) is 4.79 Å². The summed E-state index contributed by atoms with van der Waals surface area (Å²) in [6.07, 6.45) is -3.92. The third-order valence-electron chi connectivity index (χ3n) is 3.47. The van der Waals surface area contributed by atoms with E-state index in [1.165, 1.54) is 24.3 Å². The summed E-state index contributed by atoms with van der Waals surface area (Å²) >= 11 is 0. The molecule has 0 N–H and O–H groups in total. The van der Waals surface area contributed by atoms with E-state index in [1.807, 2.05) is 13.0 Å². The van der Waals surface area contributed by atoms with Crippen LogP contribution in [0.4, 0.5) is 13.2 Å². The Morgan fingerprint density at radius 2 is 1.62 bits per heavy atom. The maximum absolute atomic E-state index is 12.2. The van der Waals surface area contributed by atoms with Crippen LogP contribution in [-0.2, 0) is 4.79 Å². The second-order valence-electron chi connectivity index (χ2n) is 5.21. The molecule has 0 saturated carbocycles. The third-order valence-corrected chi connectivity index (χ3v) is 3.47. The molecule has 6 heteroatoms. The van der Waals surface area contributed by atoms with Gasteiger partial charge in [0.2, 0.25) is 0 Å². The largest absolute Gasteiger partial charge is 0.573 e. The summed E-state index contributed by atoms with van der Waals surface area (Å²) in [5.74, 6) is -0.343. The molecule has 24 heavy (non-hydrogen) atoms. The summed E-state index contributed by atoms with van der Waals surface area (Å²) in [4.78, 5) is 12.0. The van der Waals surface area contributed by atoms with Crippen molar-refractivity contribution in [3.05, 3.63) is 60.2 Å². The first-order valence-corrected chi connectivity index (χ1v) is 7.49. The highest BCUT2D eigenvalue weighted by Crippen LogP contribution is 2.28. The van der Waals surface area contributed by atoms with Gasteiger partial charge in [0.25, 0.3) is 0 Å². The molecule has 0 aromatic heterocycles. The summed E-state index contributed by atoms with van der Waals surface area (Å²) in [7, 11) is 0. The Balaban J connectivity index is 1.99. The van der Waals surface area contributed by atoms with Gasteiger partial charge in [-0.2, -0.15) is 0 Å². The fraction of sp³-hybridized carbons (Fsp3) is 0.278. The summed E-state index contributed by atoms with van der Waals surface area (Å²) in [6, 6.07) is 14.3. The molecule has 128 valence electrons. The number of benzene rings is 2. The molecule has 0 saturated heterocycles. The van der Waals surface area contributed by atoms with Crippen molar-refractivity contribution in [3.63, 3.8) is 0 Å². The second-order valence-corrected chi connectivity index (χ2v) is 5.21. The minimum absolute atomic E-state index is 0.138. The smallest absolute Gasteiger partial charge is 0.427 e. The van der Waals surface area contributed by atoms with Crippen molar-refractivity contribution in [2.75, 3.05) is 0 Å². The van der Waals surface area contributed by atoms with E-state index in [-0.39, 0.29) is 24.1 Å². The fourth-order valence-electron chi connectivity index (χ4n) is 2.30. The SMILES string of the molecule is CC[C@@H](CC(=O)Oc1ccccc1)c1ccc(OC(F)(F)F)cc1. The monoisotopic (exact) mass is 338 g/mol. The van der Waals surface area contributed by atoms with E-state index in [0.717, 1.165) is 5.56 Å². The predicted molar refractivity (Wildman–Crippen MR) is 82.9 cm³/mol. The molecular formula is C18H17F3O3. The van der Waals surface area contributed by atoms with Crippen molar-refractivity contribution >= 4 is 5.97 Å². The van der Waals surface area contributed by atoms with Crippen LogP contribution >= 0.6 is 0 Å². The Labute approximate surface area is 138 Å². The van der Waals surface area contributed by atoms with E-state index in [2.05, 4.69) is 4.74 Å². The number of alkyl halides is 3. The standard InChI is InChI=1S/C18H17F3O3/c1-2-13(12-17(22)23-15-6-4-3-5-7-15)14-8-10-16(11-9-14)24-18(19,20)21/h3-11,13H,2,12H2,1H3/t13-/m0/s1. The molecule has 0 unspecified atom stereocenters. The molecule has 0 fully saturated rings. The molecule has 2 rings (SSSR count). The van der Waals surface area contributed by atoms with Crippen LogP contribution in [0.1, 0.15) is 31.2 Å². The Morgan fingerprint density at radius 1 is 1.00 bits per heavy atom. The number of hydrogen-bond acceptors (Lipinski definition) is 3. The van der Waals surface area contributed by atoms with Gasteiger partial charge in [0.1, 0.15) is 11.5 Å². The van der Waals surface area contributed by atoms with Gasteiger partial charge in [0, 0.05) is 0 Å². The van der Waals surface area contributed by atoms with Crippen LogP contribution in [0.5, 0.6) is 11.5 Å². The molecule has 0 spiro atoms. The van der Waals surface area contributed by atoms with E-state index in [9.17, 15) is 18.0 Å². The average Bonchev–Trinajstić information content (AvgIpc) is 2.53. The van der Waals surface area contributed by atoms with Gasteiger partial charge < -0.3 is 9.47 Å². The lowest BCUT2D eigenvalue weighted by atomic mass is 9.93. The highest BCUT2D eigenvalue weighted by molar-refractivity contribution is 5.73. The minimum Gasteiger partial charge on any atom is -0.427 e. The highest BCUT2D eigenvalue weighted by Gasteiger charge is 2.31.